The van der Waals surface area contributed by atoms with E-state index in [1.165, 1.54) is 0 Å². The molecule has 0 spiro atoms. The monoisotopic (exact) mass is 420 g/mol. The lowest BCUT2D eigenvalue weighted by Crippen LogP contribution is -2.64. The smallest absolute Gasteiger partial charge is 0.258 e. The fourth-order valence-corrected chi connectivity index (χ4v) is 4.97. The number of nitrogens with zero attached hydrogens (tertiary/aromatic N) is 3. The normalized spacial score (nSPS) is 28.7. The topological polar surface area (TPSA) is 87.0 Å². The molecule has 7 nitrogen and oxygen atoms in total. The van der Waals surface area contributed by atoms with Crippen LogP contribution in [0.4, 0.5) is 5.69 Å². The number of carbonyl (C=O) groups excluding carboxylic acids is 3. The predicted molar refractivity (Wildman–Crippen MR) is 113 cm³/mol. The summed E-state index contributed by atoms with van der Waals surface area (Å²) < 4.78 is 0. The Hall–Kier alpha value is -2.12. The summed E-state index contributed by atoms with van der Waals surface area (Å²) in [5.41, 5.74) is 6.24. The first-order chi connectivity index (χ1) is 13.4. The Bertz CT molecular complexity index is 832. The van der Waals surface area contributed by atoms with Crippen molar-refractivity contribution in [3.8, 4) is 0 Å². The Morgan fingerprint density at radius 3 is 2.72 bits per heavy atom. The van der Waals surface area contributed by atoms with Crippen molar-refractivity contribution in [2.24, 2.45) is 11.7 Å². The fourth-order valence-electron chi connectivity index (χ4n) is 4.97. The van der Waals surface area contributed by atoms with Gasteiger partial charge in [0, 0.05) is 25.6 Å². The summed E-state index contributed by atoms with van der Waals surface area (Å²) in [6.45, 7) is 5.13. The van der Waals surface area contributed by atoms with Gasteiger partial charge in [-0.25, -0.2) is 0 Å². The van der Waals surface area contributed by atoms with E-state index in [1.807, 2.05) is 24.0 Å². The van der Waals surface area contributed by atoms with Gasteiger partial charge in [-0.05, 0) is 44.2 Å². The van der Waals surface area contributed by atoms with Crippen molar-refractivity contribution in [1.82, 2.24) is 9.80 Å². The lowest BCUT2D eigenvalue weighted by atomic mass is 9.92. The molecule has 3 amide bonds. The molecule has 0 aromatic heterocycles. The van der Waals surface area contributed by atoms with E-state index < -0.39 is 5.66 Å². The summed E-state index contributed by atoms with van der Waals surface area (Å²) >= 11 is 0. The third kappa shape index (κ3) is 3.40. The molecule has 1 aromatic carbocycles. The molecule has 8 heteroatoms. The van der Waals surface area contributed by atoms with E-state index in [1.54, 1.807) is 21.9 Å². The van der Waals surface area contributed by atoms with Crippen molar-refractivity contribution < 1.29 is 14.4 Å². The number of hydrogen-bond donors (Lipinski definition) is 1. The highest BCUT2D eigenvalue weighted by Gasteiger charge is 2.53. The minimum absolute atomic E-state index is 0. The number of anilines is 1. The molecule has 4 rings (SSSR count). The third-order valence-electron chi connectivity index (χ3n) is 6.61. The maximum Gasteiger partial charge on any atom is 0.258 e. The highest BCUT2D eigenvalue weighted by Crippen LogP contribution is 2.44. The highest BCUT2D eigenvalue weighted by molar-refractivity contribution is 6.11. The van der Waals surface area contributed by atoms with Crippen LogP contribution in [-0.2, 0) is 9.59 Å². The van der Waals surface area contributed by atoms with E-state index in [0.717, 1.165) is 12.8 Å². The van der Waals surface area contributed by atoms with Crippen molar-refractivity contribution in [1.29, 1.82) is 0 Å². The second-order valence-electron chi connectivity index (χ2n) is 8.46. The van der Waals surface area contributed by atoms with Crippen molar-refractivity contribution in [2.45, 2.75) is 51.2 Å². The van der Waals surface area contributed by atoms with Crippen LogP contribution in [0.3, 0.4) is 0 Å². The summed E-state index contributed by atoms with van der Waals surface area (Å²) in [6.07, 6.45) is 2.73. The van der Waals surface area contributed by atoms with Gasteiger partial charge in [0.25, 0.3) is 5.91 Å². The molecule has 3 aliphatic heterocycles. The molecular weight excluding hydrogens is 392 g/mol. The number of amides is 3. The maximum atomic E-state index is 13.3. The second kappa shape index (κ2) is 7.95. The van der Waals surface area contributed by atoms with Crippen LogP contribution >= 0.6 is 12.4 Å². The Kier molecular flexibility index (Phi) is 5.92. The predicted octanol–water partition coefficient (Wildman–Crippen LogP) is 1.99. The summed E-state index contributed by atoms with van der Waals surface area (Å²) in [4.78, 5) is 44.2. The summed E-state index contributed by atoms with van der Waals surface area (Å²) in [6, 6.07) is 7.17. The first-order valence-corrected chi connectivity index (χ1v) is 10.1. The lowest BCUT2D eigenvalue weighted by molar-refractivity contribution is -0.137. The van der Waals surface area contributed by atoms with Crippen molar-refractivity contribution in [3.63, 3.8) is 0 Å². The lowest BCUT2D eigenvalue weighted by Gasteiger charge is -2.49. The van der Waals surface area contributed by atoms with E-state index >= 15 is 0 Å². The summed E-state index contributed by atoms with van der Waals surface area (Å²) in [5, 5.41) is 0. The van der Waals surface area contributed by atoms with E-state index in [4.69, 9.17) is 5.73 Å². The highest BCUT2D eigenvalue weighted by atomic mass is 35.5. The van der Waals surface area contributed by atoms with Crippen LogP contribution in [0.1, 0.15) is 49.9 Å². The number of fused-ring (bicyclic) bond motifs is 3. The molecule has 1 aromatic rings. The van der Waals surface area contributed by atoms with Gasteiger partial charge in [0.15, 0.2) is 0 Å². The molecule has 0 radical (unpaired) electrons. The molecule has 29 heavy (non-hydrogen) atoms. The SMILES string of the molecule is CC1CCN(C(=O)CN2C(=O)c3ccccc3N3C(=O)CCC23C)C(CN)C1.Cl. The number of nitrogens with two attached hydrogens (primary N) is 1. The number of hydrogen-bond acceptors (Lipinski definition) is 4. The average Bonchev–Trinajstić information content (AvgIpc) is 3.00. The number of rotatable bonds is 3. The molecule has 0 bridgehead atoms. The van der Waals surface area contributed by atoms with E-state index in [0.29, 0.717) is 43.1 Å². The van der Waals surface area contributed by atoms with Gasteiger partial charge in [-0.15, -0.1) is 12.4 Å². The fraction of sp³-hybridized carbons (Fsp3) is 0.571. The summed E-state index contributed by atoms with van der Waals surface area (Å²) in [7, 11) is 0. The molecule has 0 saturated carbocycles. The van der Waals surface area contributed by atoms with Gasteiger partial charge in [-0.1, -0.05) is 19.1 Å². The standard InChI is InChI=1S/C21H28N4O3.ClH/c1-14-8-10-23(15(11-14)12-22)19(27)13-24-20(28)16-5-3-4-6-17(16)25-18(26)7-9-21(24,25)2;/h3-6,14-15H,7-13,22H2,1-2H3;1H. The number of likely N-dealkylation sites (tertiary alicyclic amines) is 1. The number of halogens is 1. The second-order valence-corrected chi connectivity index (χ2v) is 8.46. The number of carbonyl (C=O) groups is 3. The van der Waals surface area contributed by atoms with Crippen LogP contribution < -0.4 is 10.6 Å². The van der Waals surface area contributed by atoms with Gasteiger partial charge in [-0.3, -0.25) is 19.3 Å². The van der Waals surface area contributed by atoms with Gasteiger partial charge in [-0.2, -0.15) is 0 Å². The van der Waals surface area contributed by atoms with Crippen LogP contribution in [0.25, 0.3) is 0 Å². The van der Waals surface area contributed by atoms with Crippen molar-refractivity contribution in [3.05, 3.63) is 29.8 Å². The Morgan fingerprint density at radius 1 is 1.28 bits per heavy atom. The van der Waals surface area contributed by atoms with Crippen LogP contribution in [0.15, 0.2) is 24.3 Å². The van der Waals surface area contributed by atoms with E-state index in [9.17, 15) is 14.4 Å². The molecule has 2 saturated heterocycles. The van der Waals surface area contributed by atoms with Gasteiger partial charge >= 0.3 is 0 Å². The minimum Gasteiger partial charge on any atom is -0.337 e. The van der Waals surface area contributed by atoms with Gasteiger partial charge in [0.2, 0.25) is 11.8 Å². The third-order valence-corrected chi connectivity index (χ3v) is 6.61. The zero-order valence-electron chi connectivity index (χ0n) is 17.0. The quantitative estimate of drug-likeness (QED) is 0.810. The zero-order chi connectivity index (χ0) is 20.1. The van der Waals surface area contributed by atoms with E-state index in [-0.39, 0.29) is 42.7 Å². The molecule has 3 heterocycles. The van der Waals surface area contributed by atoms with Gasteiger partial charge < -0.3 is 15.5 Å². The van der Waals surface area contributed by atoms with Crippen LogP contribution in [0.5, 0.6) is 0 Å². The minimum atomic E-state index is -0.806. The molecule has 2 fully saturated rings. The van der Waals surface area contributed by atoms with Crippen LogP contribution in [-0.4, -0.2) is 58.9 Å². The summed E-state index contributed by atoms with van der Waals surface area (Å²) in [5.74, 6) is 0.260. The first-order valence-electron chi connectivity index (χ1n) is 10.1. The van der Waals surface area contributed by atoms with E-state index in [2.05, 4.69) is 6.92 Å². The van der Waals surface area contributed by atoms with Crippen molar-refractivity contribution >= 4 is 35.8 Å². The number of para-hydroxylation sites is 1. The first kappa shape index (κ1) is 21.6. The van der Waals surface area contributed by atoms with Crippen molar-refractivity contribution in [2.75, 3.05) is 24.5 Å². The molecule has 2 N–H and O–H groups in total. The Balaban J connectivity index is 0.00000240. The molecule has 0 aliphatic carbocycles. The van der Waals surface area contributed by atoms with Gasteiger partial charge in [0.1, 0.15) is 12.2 Å². The molecule has 3 atom stereocenters. The van der Waals surface area contributed by atoms with Crippen LogP contribution in [0.2, 0.25) is 0 Å². The molecular formula is C21H29ClN4O3. The Morgan fingerprint density at radius 2 is 2.00 bits per heavy atom. The van der Waals surface area contributed by atoms with Gasteiger partial charge in [0.05, 0.1) is 11.3 Å². The molecule has 158 valence electrons. The zero-order valence-corrected chi connectivity index (χ0v) is 17.8. The molecule has 3 aliphatic rings. The van der Waals surface area contributed by atoms with Crippen LogP contribution in [0, 0.1) is 5.92 Å². The number of piperidine rings is 1. The Labute approximate surface area is 177 Å². The maximum absolute atomic E-state index is 13.3. The number of benzene rings is 1. The average molecular weight is 421 g/mol. The largest absolute Gasteiger partial charge is 0.337 e. The molecule has 3 unspecified atom stereocenters.